The average molecular weight is 358 g/mol. The molecule has 0 spiro atoms. The van der Waals surface area contributed by atoms with Gasteiger partial charge in [0.05, 0.1) is 16.7 Å². The fourth-order valence-corrected chi connectivity index (χ4v) is 4.69. The van der Waals surface area contributed by atoms with Gasteiger partial charge in [0.2, 0.25) is 5.95 Å². The first-order chi connectivity index (χ1) is 13.1. The summed E-state index contributed by atoms with van der Waals surface area (Å²) < 4.78 is 0. The monoisotopic (exact) mass is 358 g/mol. The normalized spacial score (nSPS) is 26.4. The summed E-state index contributed by atoms with van der Waals surface area (Å²) in [7, 11) is 0. The molecule has 1 aromatic heterocycles. The topological polar surface area (TPSA) is 78.7 Å². The Morgan fingerprint density at radius 3 is 2.81 bits per heavy atom. The van der Waals surface area contributed by atoms with E-state index in [1.807, 2.05) is 44.3 Å². The van der Waals surface area contributed by atoms with Crippen molar-refractivity contribution in [1.82, 2.24) is 9.97 Å². The lowest BCUT2D eigenvalue weighted by Gasteiger charge is -2.47. The van der Waals surface area contributed by atoms with Crippen LogP contribution in [-0.4, -0.2) is 22.3 Å². The van der Waals surface area contributed by atoms with Crippen molar-refractivity contribution in [3.05, 3.63) is 65.0 Å². The summed E-state index contributed by atoms with van der Waals surface area (Å²) in [6.45, 7) is 4.69. The van der Waals surface area contributed by atoms with Gasteiger partial charge in [-0.3, -0.25) is 4.79 Å². The fourth-order valence-electron chi connectivity index (χ4n) is 4.69. The smallest absolute Gasteiger partial charge is 0.222 e. The highest BCUT2D eigenvalue weighted by atomic mass is 16.1. The number of nitrogens with one attached hydrogen (secondary N) is 1. The van der Waals surface area contributed by atoms with Crippen LogP contribution in [0, 0.1) is 23.2 Å². The van der Waals surface area contributed by atoms with Crippen LogP contribution in [0.15, 0.2) is 48.2 Å². The number of Topliss-reactive ketones (excluding diaryl/α,β-unsaturated/α-hetero) is 1. The summed E-state index contributed by atoms with van der Waals surface area (Å²) in [6.07, 6.45) is 5.47. The maximum atomic E-state index is 12.7. The van der Waals surface area contributed by atoms with Crippen LogP contribution >= 0.6 is 0 Å². The number of ketones is 1. The zero-order chi connectivity index (χ0) is 19.0. The van der Waals surface area contributed by atoms with Crippen molar-refractivity contribution in [2.75, 3.05) is 11.9 Å². The van der Waals surface area contributed by atoms with E-state index in [0.717, 1.165) is 36.2 Å². The first-order valence-electron chi connectivity index (χ1n) is 9.44. The lowest BCUT2D eigenvalue weighted by atomic mass is 9.54. The van der Waals surface area contributed by atoms with Crippen molar-refractivity contribution in [1.29, 1.82) is 5.26 Å². The number of nitrogens with zero attached hydrogens (tertiary/aromatic N) is 3. The minimum absolute atomic E-state index is 0.0570. The molecule has 27 heavy (non-hydrogen) atoms. The van der Waals surface area contributed by atoms with E-state index in [1.165, 1.54) is 0 Å². The van der Waals surface area contributed by atoms with Gasteiger partial charge in [-0.1, -0.05) is 37.3 Å². The highest BCUT2D eigenvalue weighted by molar-refractivity contribution is 6.02. The Hall–Kier alpha value is -3.00. The Kier molecular flexibility index (Phi) is 4.27. The number of carbonyl (C=O) groups is 1. The summed E-state index contributed by atoms with van der Waals surface area (Å²) >= 11 is 0. The van der Waals surface area contributed by atoms with Gasteiger partial charge in [0.15, 0.2) is 5.78 Å². The van der Waals surface area contributed by atoms with Gasteiger partial charge in [0.1, 0.15) is 6.07 Å². The summed E-state index contributed by atoms with van der Waals surface area (Å²) in [4.78, 5) is 22.0. The van der Waals surface area contributed by atoms with E-state index in [4.69, 9.17) is 4.98 Å². The Balaban J connectivity index is 2.05. The van der Waals surface area contributed by atoms with E-state index in [9.17, 15) is 10.1 Å². The number of fused-ring (bicyclic) bond motifs is 3. The number of allylic oxidation sites excluding steroid dienone is 2. The molecule has 4 rings (SSSR count). The van der Waals surface area contributed by atoms with Crippen molar-refractivity contribution in [2.24, 2.45) is 11.8 Å². The van der Waals surface area contributed by atoms with Gasteiger partial charge in [0, 0.05) is 18.7 Å². The van der Waals surface area contributed by atoms with Crippen LogP contribution < -0.4 is 5.32 Å². The van der Waals surface area contributed by atoms with Gasteiger partial charge in [-0.05, 0) is 42.9 Å². The first kappa shape index (κ1) is 17.4. The molecule has 0 amide bonds. The Bertz CT molecular complexity index is 960. The van der Waals surface area contributed by atoms with Crippen molar-refractivity contribution in [3.63, 3.8) is 0 Å². The highest BCUT2D eigenvalue weighted by Gasteiger charge is 2.52. The van der Waals surface area contributed by atoms with Crippen LogP contribution in [0.5, 0.6) is 0 Å². The zero-order valence-electron chi connectivity index (χ0n) is 15.6. The van der Waals surface area contributed by atoms with Gasteiger partial charge in [-0.2, -0.15) is 5.26 Å². The number of anilines is 1. The number of hydrogen-bond donors (Lipinski definition) is 1. The van der Waals surface area contributed by atoms with Crippen molar-refractivity contribution < 1.29 is 4.79 Å². The fraction of sp³-hybridized carbons (Fsp3) is 0.364. The van der Waals surface area contributed by atoms with Gasteiger partial charge in [0.25, 0.3) is 0 Å². The van der Waals surface area contributed by atoms with Crippen molar-refractivity contribution in [2.45, 2.75) is 32.1 Å². The number of rotatable bonds is 3. The molecule has 2 aliphatic rings. The van der Waals surface area contributed by atoms with Crippen LogP contribution in [0.25, 0.3) is 0 Å². The number of aromatic nitrogens is 2. The minimum Gasteiger partial charge on any atom is -0.354 e. The van der Waals surface area contributed by atoms with Crippen molar-refractivity contribution >= 4 is 11.7 Å². The third-order valence-electron chi connectivity index (χ3n) is 5.93. The van der Waals surface area contributed by atoms with Crippen LogP contribution in [0.2, 0.25) is 0 Å². The number of carbonyl (C=O) groups excluding carboxylic acids is 1. The molecule has 0 unspecified atom stereocenters. The lowest BCUT2D eigenvalue weighted by molar-refractivity contribution is -0.121. The number of benzene rings is 1. The van der Waals surface area contributed by atoms with Crippen LogP contribution in [0.3, 0.4) is 0 Å². The van der Waals surface area contributed by atoms with Crippen LogP contribution in [-0.2, 0) is 16.6 Å². The summed E-state index contributed by atoms with van der Waals surface area (Å²) in [5, 5.41) is 12.8. The largest absolute Gasteiger partial charge is 0.354 e. The quantitative estimate of drug-likeness (QED) is 0.909. The van der Waals surface area contributed by atoms with Crippen LogP contribution in [0.1, 0.15) is 37.1 Å². The predicted molar refractivity (Wildman–Crippen MR) is 103 cm³/mol. The highest BCUT2D eigenvalue weighted by Crippen LogP contribution is 2.53. The van der Waals surface area contributed by atoms with E-state index in [1.54, 1.807) is 0 Å². The molecule has 0 aliphatic heterocycles. The average Bonchev–Trinajstić information content (AvgIpc) is 2.71. The first-order valence-corrected chi connectivity index (χ1v) is 9.44. The molecule has 5 heteroatoms. The maximum Gasteiger partial charge on any atom is 0.222 e. The minimum atomic E-state index is -0.583. The van der Waals surface area contributed by atoms with Gasteiger partial charge in [-0.25, -0.2) is 9.97 Å². The maximum absolute atomic E-state index is 12.7. The predicted octanol–water partition coefficient (Wildman–Crippen LogP) is 3.43. The molecule has 0 saturated carbocycles. The molecule has 3 atom stereocenters. The van der Waals surface area contributed by atoms with E-state index in [2.05, 4.69) is 28.5 Å². The second-order valence-electron chi connectivity index (χ2n) is 7.30. The summed E-state index contributed by atoms with van der Waals surface area (Å²) in [6, 6.07) is 12.3. The van der Waals surface area contributed by atoms with E-state index >= 15 is 0 Å². The van der Waals surface area contributed by atoms with E-state index in [0.29, 0.717) is 5.95 Å². The molecule has 0 radical (unpaired) electrons. The molecule has 2 aromatic rings. The molecule has 0 fully saturated rings. The molecular weight excluding hydrogens is 336 g/mol. The molecule has 1 aromatic carbocycles. The van der Waals surface area contributed by atoms with Gasteiger partial charge < -0.3 is 5.32 Å². The van der Waals surface area contributed by atoms with Crippen LogP contribution in [0.4, 0.5) is 5.95 Å². The van der Waals surface area contributed by atoms with Crippen molar-refractivity contribution in [3.8, 4) is 6.07 Å². The van der Waals surface area contributed by atoms with E-state index < -0.39 is 5.41 Å². The molecule has 0 saturated heterocycles. The Labute approximate surface area is 159 Å². The Morgan fingerprint density at radius 2 is 2.11 bits per heavy atom. The third kappa shape index (κ3) is 2.56. The zero-order valence-corrected chi connectivity index (χ0v) is 15.6. The molecule has 5 nitrogen and oxygen atoms in total. The number of aryl methyl sites for hydroxylation is 1. The number of hydrogen-bond acceptors (Lipinski definition) is 5. The van der Waals surface area contributed by atoms with E-state index in [-0.39, 0.29) is 23.2 Å². The molecule has 0 bridgehead atoms. The van der Waals surface area contributed by atoms with Gasteiger partial charge >= 0.3 is 0 Å². The molecule has 2 aliphatic carbocycles. The summed E-state index contributed by atoms with van der Waals surface area (Å²) in [5.74, 6) is 0.374. The lowest BCUT2D eigenvalue weighted by Crippen LogP contribution is -2.48. The number of nitriles is 1. The second-order valence-corrected chi connectivity index (χ2v) is 7.30. The Morgan fingerprint density at radius 1 is 1.33 bits per heavy atom. The molecule has 1 N–H and O–H groups in total. The second kappa shape index (κ2) is 6.62. The standard InChI is InChI=1S/C22H22N4O/c1-3-24-21-25-13-15-9-10-18-14(2)19(27)16(12-23)11-22(18,20(15)26-21)17-7-5-4-6-8-17/h4-8,11,13-14,18H,3,9-10H2,1-2H3,(H,24,25,26)/t14-,18-,22+/m0/s1. The van der Waals surface area contributed by atoms with Gasteiger partial charge in [-0.15, -0.1) is 0 Å². The molecule has 1 heterocycles. The molecular formula is C22H22N4O. The third-order valence-corrected chi connectivity index (χ3v) is 5.93. The molecule has 136 valence electrons. The summed E-state index contributed by atoms with van der Waals surface area (Å²) in [5.41, 5.74) is 2.73. The SMILES string of the molecule is CCNc1ncc2c(n1)[C@@]1(c3ccccc3)C=C(C#N)C(=O)[C@@H](C)[C@@H]1CC2.